The summed E-state index contributed by atoms with van der Waals surface area (Å²) in [5.74, 6) is -0.179. The van der Waals surface area contributed by atoms with Crippen LogP contribution in [0.15, 0.2) is 0 Å². The van der Waals surface area contributed by atoms with E-state index >= 15 is 0 Å². The predicted octanol–water partition coefficient (Wildman–Crippen LogP) is 2.37. The van der Waals surface area contributed by atoms with E-state index in [0.717, 1.165) is 6.42 Å². The van der Waals surface area contributed by atoms with Crippen LogP contribution in [0.2, 0.25) is 0 Å². The van der Waals surface area contributed by atoms with E-state index in [2.05, 4.69) is 30.8 Å². The minimum absolute atomic E-state index is 0.0454. The van der Waals surface area contributed by atoms with Gasteiger partial charge in [0.2, 0.25) is 5.91 Å². The van der Waals surface area contributed by atoms with Crippen molar-refractivity contribution in [1.29, 1.82) is 0 Å². The Hall–Kier alpha value is -1.06. The summed E-state index contributed by atoms with van der Waals surface area (Å²) in [6.45, 7) is 10.1. The molecule has 0 aromatic heterocycles. The highest BCUT2D eigenvalue weighted by atomic mass is 16.5. The number of esters is 1. The van der Waals surface area contributed by atoms with Gasteiger partial charge in [0, 0.05) is 6.04 Å². The van der Waals surface area contributed by atoms with Crippen molar-refractivity contribution in [1.82, 2.24) is 5.32 Å². The molecule has 0 saturated heterocycles. The molecule has 0 aliphatic rings. The number of hydrogen-bond acceptors (Lipinski definition) is 3. The Bertz CT molecular complexity index is 274. The van der Waals surface area contributed by atoms with E-state index in [-0.39, 0.29) is 36.2 Å². The Kier molecular flexibility index (Phi) is 7.64. The van der Waals surface area contributed by atoms with Crippen LogP contribution in [0.25, 0.3) is 0 Å². The topological polar surface area (TPSA) is 55.4 Å². The molecule has 0 radical (unpaired) electrons. The molecule has 1 amide bonds. The van der Waals surface area contributed by atoms with E-state index in [9.17, 15) is 9.59 Å². The number of carbonyl (C=O) groups is 2. The molecular weight excluding hydrogens is 230 g/mol. The smallest absolute Gasteiger partial charge is 0.306 e. The fourth-order valence-electron chi connectivity index (χ4n) is 1.92. The van der Waals surface area contributed by atoms with Gasteiger partial charge in [0.25, 0.3) is 0 Å². The summed E-state index contributed by atoms with van der Waals surface area (Å²) in [5, 5.41) is 3.03. The van der Waals surface area contributed by atoms with Crippen LogP contribution in [-0.2, 0) is 14.3 Å². The Balaban J connectivity index is 4.61. The van der Waals surface area contributed by atoms with Crippen molar-refractivity contribution >= 4 is 11.9 Å². The third-order valence-electron chi connectivity index (χ3n) is 3.33. The predicted molar refractivity (Wildman–Crippen MR) is 72.0 cm³/mol. The van der Waals surface area contributed by atoms with Crippen LogP contribution >= 0.6 is 0 Å². The number of rotatable bonds is 7. The van der Waals surface area contributed by atoms with Crippen LogP contribution in [-0.4, -0.2) is 25.0 Å². The Morgan fingerprint density at radius 1 is 1.11 bits per heavy atom. The zero-order valence-electron chi connectivity index (χ0n) is 12.4. The first-order chi connectivity index (χ1) is 8.33. The summed E-state index contributed by atoms with van der Waals surface area (Å²) >= 11 is 0. The lowest BCUT2D eigenvalue weighted by atomic mass is 9.90. The second-order valence-corrected chi connectivity index (χ2v) is 5.40. The van der Waals surface area contributed by atoms with Gasteiger partial charge in [0.1, 0.15) is 0 Å². The summed E-state index contributed by atoms with van der Waals surface area (Å²) in [6.07, 6.45) is 1.04. The maximum atomic E-state index is 12.2. The monoisotopic (exact) mass is 257 g/mol. The van der Waals surface area contributed by atoms with E-state index in [0.29, 0.717) is 5.92 Å². The summed E-state index contributed by atoms with van der Waals surface area (Å²) in [7, 11) is 1.35. The molecule has 0 saturated carbocycles. The molecule has 2 atom stereocenters. The molecule has 4 heteroatoms. The highest BCUT2D eigenvalue weighted by Gasteiger charge is 2.27. The molecule has 0 bridgehead atoms. The first-order valence-electron chi connectivity index (χ1n) is 6.70. The van der Waals surface area contributed by atoms with Gasteiger partial charge >= 0.3 is 5.97 Å². The maximum Gasteiger partial charge on any atom is 0.306 e. The lowest BCUT2D eigenvalue weighted by Gasteiger charge is -2.25. The van der Waals surface area contributed by atoms with Gasteiger partial charge in [-0.3, -0.25) is 9.59 Å². The molecular formula is C14H27NO3. The van der Waals surface area contributed by atoms with Crippen molar-refractivity contribution in [2.45, 2.75) is 53.5 Å². The Labute approximate surface area is 110 Å². The third-order valence-corrected chi connectivity index (χ3v) is 3.33. The molecule has 0 spiro atoms. The fourth-order valence-corrected chi connectivity index (χ4v) is 1.92. The van der Waals surface area contributed by atoms with Gasteiger partial charge in [0.05, 0.1) is 19.4 Å². The molecule has 0 aliphatic heterocycles. The normalized spacial score (nSPS) is 14.4. The van der Waals surface area contributed by atoms with Gasteiger partial charge in [-0.2, -0.15) is 0 Å². The van der Waals surface area contributed by atoms with Crippen molar-refractivity contribution in [3.63, 3.8) is 0 Å². The van der Waals surface area contributed by atoms with E-state index in [1.165, 1.54) is 7.11 Å². The third kappa shape index (κ3) is 5.52. The number of nitrogens with one attached hydrogen (secondary N) is 1. The van der Waals surface area contributed by atoms with Gasteiger partial charge in [-0.15, -0.1) is 0 Å². The quantitative estimate of drug-likeness (QED) is 0.712. The number of amides is 1. The minimum atomic E-state index is -0.332. The second kappa shape index (κ2) is 8.11. The van der Waals surface area contributed by atoms with Crippen LogP contribution in [0.3, 0.4) is 0 Å². The van der Waals surface area contributed by atoms with Crippen LogP contribution in [0.4, 0.5) is 0 Å². The lowest BCUT2D eigenvalue weighted by molar-refractivity contribution is -0.145. The highest BCUT2D eigenvalue weighted by molar-refractivity contribution is 5.84. The summed E-state index contributed by atoms with van der Waals surface area (Å²) in [4.78, 5) is 23.5. The van der Waals surface area contributed by atoms with Crippen LogP contribution in [0.1, 0.15) is 47.5 Å². The summed E-state index contributed by atoms with van der Waals surface area (Å²) in [6, 6.07) is 0.163. The molecule has 106 valence electrons. The average Bonchev–Trinajstić information content (AvgIpc) is 2.31. The van der Waals surface area contributed by atoms with E-state index in [4.69, 9.17) is 0 Å². The Morgan fingerprint density at radius 2 is 1.67 bits per heavy atom. The van der Waals surface area contributed by atoms with Gasteiger partial charge in [0.15, 0.2) is 0 Å². The standard InChI is InChI=1S/C14H27NO3/c1-7-12(10(4)5)15-14(17)11(9(2)3)8-13(16)18-6/h9-12H,7-8H2,1-6H3,(H,15,17)/t11-,12-/m0/s1. The van der Waals surface area contributed by atoms with E-state index < -0.39 is 0 Å². The first-order valence-corrected chi connectivity index (χ1v) is 6.70. The van der Waals surface area contributed by atoms with Gasteiger partial charge in [-0.05, 0) is 18.3 Å². The molecule has 4 nitrogen and oxygen atoms in total. The molecule has 0 aromatic carbocycles. The first kappa shape index (κ1) is 16.9. The van der Waals surface area contributed by atoms with Crippen molar-refractivity contribution in [3.8, 4) is 0 Å². The number of methoxy groups -OCH3 is 1. The molecule has 18 heavy (non-hydrogen) atoms. The Morgan fingerprint density at radius 3 is 2.00 bits per heavy atom. The van der Waals surface area contributed by atoms with Crippen LogP contribution in [0.5, 0.6) is 0 Å². The molecule has 0 rings (SSSR count). The largest absolute Gasteiger partial charge is 0.469 e. The maximum absolute atomic E-state index is 12.2. The summed E-state index contributed by atoms with van der Waals surface area (Å²) in [5.41, 5.74) is 0. The fraction of sp³-hybridized carbons (Fsp3) is 0.857. The van der Waals surface area contributed by atoms with Crippen molar-refractivity contribution < 1.29 is 14.3 Å². The van der Waals surface area contributed by atoms with E-state index in [1.54, 1.807) is 0 Å². The van der Waals surface area contributed by atoms with Crippen molar-refractivity contribution in [2.75, 3.05) is 7.11 Å². The second-order valence-electron chi connectivity index (χ2n) is 5.40. The zero-order valence-corrected chi connectivity index (χ0v) is 12.4. The number of ether oxygens (including phenoxy) is 1. The summed E-state index contributed by atoms with van der Waals surface area (Å²) < 4.78 is 4.64. The molecule has 0 aliphatic carbocycles. The highest BCUT2D eigenvalue weighted by Crippen LogP contribution is 2.17. The minimum Gasteiger partial charge on any atom is -0.469 e. The van der Waals surface area contributed by atoms with Crippen molar-refractivity contribution in [3.05, 3.63) is 0 Å². The number of carbonyl (C=O) groups excluding carboxylic acids is 2. The molecule has 0 heterocycles. The van der Waals surface area contributed by atoms with Gasteiger partial charge in [-0.1, -0.05) is 34.6 Å². The molecule has 1 N–H and O–H groups in total. The molecule has 0 aromatic rings. The lowest BCUT2D eigenvalue weighted by Crippen LogP contribution is -2.43. The number of hydrogen-bond donors (Lipinski definition) is 1. The van der Waals surface area contributed by atoms with Gasteiger partial charge < -0.3 is 10.1 Å². The van der Waals surface area contributed by atoms with Gasteiger partial charge in [-0.25, -0.2) is 0 Å². The molecule has 0 unspecified atom stereocenters. The zero-order chi connectivity index (χ0) is 14.3. The van der Waals surface area contributed by atoms with Crippen molar-refractivity contribution in [2.24, 2.45) is 17.8 Å². The van der Waals surface area contributed by atoms with Crippen LogP contribution < -0.4 is 5.32 Å². The molecule has 0 fully saturated rings. The average molecular weight is 257 g/mol. The van der Waals surface area contributed by atoms with Crippen LogP contribution in [0, 0.1) is 17.8 Å². The van der Waals surface area contributed by atoms with E-state index in [1.807, 2.05) is 13.8 Å². The SMILES string of the molecule is CC[C@H](NC(=O)[C@@H](CC(=O)OC)C(C)C)C(C)C.